The summed E-state index contributed by atoms with van der Waals surface area (Å²) in [5.41, 5.74) is 1.64. The number of aromatic nitrogens is 1. The highest BCUT2D eigenvalue weighted by Crippen LogP contribution is 2.22. The predicted molar refractivity (Wildman–Crippen MR) is 102 cm³/mol. The summed E-state index contributed by atoms with van der Waals surface area (Å²) in [7, 11) is 0. The molecular formula is C18H20ClN3O2S. The van der Waals surface area contributed by atoms with Crippen LogP contribution in [-0.4, -0.2) is 48.4 Å². The Morgan fingerprint density at radius 2 is 2.04 bits per heavy atom. The zero-order chi connectivity index (χ0) is 17.6. The minimum atomic E-state index is -0.0584. The lowest BCUT2D eigenvalue weighted by atomic mass is 10.2. The number of carbonyl (C=O) groups is 1. The van der Waals surface area contributed by atoms with Crippen LogP contribution in [0.5, 0.6) is 0 Å². The van der Waals surface area contributed by atoms with Crippen LogP contribution in [-0.2, 0) is 11.3 Å². The number of hydrogen-bond donors (Lipinski definition) is 1. The Labute approximate surface area is 156 Å². The predicted octanol–water partition coefficient (Wildman–Crippen LogP) is 3.54. The molecule has 0 aliphatic carbocycles. The molecule has 25 heavy (non-hydrogen) atoms. The monoisotopic (exact) mass is 377 g/mol. The third-order valence-electron chi connectivity index (χ3n) is 4.01. The molecule has 1 aliphatic heterocycles. The summed E-state index contributed by atoms with van der Waals surface area (Å²) in [6, 6.07) is 9.99. The van der Waals surface area contributed by atoms with Crippen molar-refractivity contribution in [1.82, 2.24) is 9.88 Å². The van der Waals surface area contributed by atoms with E-state index < -0.39 is 0 Å². The van der Waals surface area contributed by atoms with E-state index >= 15 is 0 Å². The fourth-order valence-corrected chi connectivity index (χ4v) is 3.20. The summed E-state index contributed by atoms with van der Waals surface area (Å²) in [6.07, 6.45) is 3.62. The van der Waals surface area contributed by atoms with E-state index in [0.717, 1.165) is 5.56 Å². The molecule has 132 valence electrons. The van der Waals surface area contributed by atoms with Gasteiger partial charge in [0, 0.05) is 30.7 Å². The van der Waals surface area contributed by atoms with Gasteiger partial charge in [-0.1, -0.05) is 23.7 Å². The van der Waals surface area contributed by atoms with Crippen LogP contribution in [0.4, 0.5) is 5.82 Å². The average Bonchev–Trinajstić information content (AvgIpc) is 2.67. The van der Waals surface area contributed by atoms with Gasteiger partial charge in [-0.25, -0.2) is 4.98 Å². The lowest BCUT2D eigenvalue weighted by Crippen LogP contribution is -2.40. The van der Waals surface area contributed by atoms with E-state index in [-0.39, 0.29) is 5.91 Å². The van der Waals surface area contributed by atoms with Gasteiger partial charge in [-0.15, -0.1) is 11.8 Å². The van der Waals surface area contributed by atoms with E-state index in [4.69, 9.17) is 16.3 Å². The normalized spacial score (nSPS) is 14.4. The van der Waals surface area contributed by atoms with Crippen molar-refractivity contribution in [1.29, 1.82) is 0 Å². The third-order valence-corrected chi connectivity index (χ3v) is 5.04. The first kappa shape index (κ1) is 18.0. The Hall–Kier alpha value is -1.76. The van der Waals surface area contributed by atoms with Crippen LogP contribution >= 0.6 is 23.4 Å². The molecule has 2 aromatic rings. The van der Waals surface area contributed by atoms with Crippen molar-refractivity contribution < 1.29 is 9.53 Å². The standard InChI is InChI=1S/C18H20ClN3O2S/c1-25-15-4-2-13(3-5-15)11-20-17-16(19)10-14(12-21-17)18(23)22-6-8-24-9-7-22/h2-5,10,12H,6-9,11H2,1H3,(H,20,21). The van der Waals surface area contributed by atoms with Crippen LogP contribution in [0.2, 0.25) is 5.02 Å². The molecule has 5 nitrogen and oxygen atoms in total. The maximum Gasteiger partial charge on any atom is 0.255 e. The molecule has 1 fully saturated rings. The maximum atomic E-state index is 12.5. The molecule has 3 rings (SSSR count). The summed E-state index contributed by atoms with van der Waals surface area (Å²) >= 11 is 8.02. The number of hydrogen-bond acceptors (Lipinski definition) is 5. The molecule has 1 aromatic carbocycles. The molecule has 1 aliphatic rings. The highest BCUT2D eigenvalue weighted by atomic mass is 35.5. The second-order valence-corrected chi connectivity index (χ2v) is 6.95. The molecule has 2 heterocycles. The summed E-state index contributed by atoms with van der Waals surface area (Å²) in [4.78, 5) is 19.8. The zero-order valence-electron chi connectivity index (χ0n) is 14.0. The van der Waals surface area contributed by atoms with E-state index in [1.807, 2.05) is 0 Å². The Balaban J connectivity index is 1.63. The van der Waals surface area contributed by atoms with E-state index in [2.05, 4.69) is 40.8 Å². The second kappa shape index (κ2) is 8.56. The fourth-order valence-electron chi connectivity index (χ4n) is 2.56. The van der Waals surface area contributed by atoms with Crippen LogP contribution in [0.25, 0.3) is 0 Å². The van der Waals surface area contributed by atoms with Gasteiger partial charge >= 0.3 is 0 Å². The van der Waals surface area contributed by atoms with Gasteiger partial charge in [0.15, 0.2) is 0 Å². The number of morpholine rings is 1. The molecule has 1 N–H and O–H groups in total. The van der Waals surface area contributed by atoms with Crippen molar-refractivity contribution in [3.63, 3.8) is 0 Å². The van der Waals surface area contributed by atoms with Gasteiger partial charge in [0.05, 0.1) is 23.8 Å². The number of amides is 1. The first-order chi connectivity index (χ1) is 12.2. The van der Waals surface area contributed by atoms with E-state index in [1.54, 1.807) is 28.9 Å². The smallest absolute Gasteiger partial charge is 0.255 e. The van der Waals surface area contributed by atoms with Crippen LogP contribution in [0.1, 0.15) is 15.9 Å². The largest absolute Gasteiger partial charge is 0.378 e. The molecule has 1 aromatic heterocycles. The van der Waals surface area contributed by atoms with Crippen LogP contribution in [0.3, 0.4) is 0 Å². The molecule has 0 bridgehead atoms. The Bertz CT molecular complexity index is 734. The highest BCUT2D eigenvalue weighted by molar-refractivity contribution is 7.98. The molecule has 0 atom stereocenters. The molecule has 0 radical (unpaired) electrons. The van der Waals surface area contributed by atoms with E-state index in [1.165, 1.54) is 4.90 Å². The molecule has 7 heteroatoms. The van der Waals surface area contributed by atoms with Crippen LogP contribution in [0.15, 0.2) is 41.4 Å². The maximum absolute atomic E-state index is 12.5. The molecule has 0 unspecified atom stereocenters. The number of rotatable bonds is 5. The van der Waals surface area contributed by atoms with Gasteiger partial charge in [0.25, 0.3) is 5.91 Å². The van der Waals surface area contributed by atoms with Crippen molar-refractivity contribution in [2.45, 2.75) is 11.4 Å². The Kier molecular flexibility index (Phi) is 6.18. The van der Waals surface area contributed by atoms with Gasteiger partial charge in [-0.2, -0.15) is 0 Å². The Morgan fingerprint density at radius 1 is 1.32 bits per heavy atom. The molecule has 0 saturated carbocycles. The topological polar surface area (TPSA) is 54.5 Å². The number of thioether (sulfide) groups is 1. The molecule has 1 saturated heterocycles. The molecule has 0 spiro atoms. The SMILES string of the molecule is CSc1ccc(CNc2ncc(C(=O)N3CCOCC3)cc2Cl)cc1. The first-order valence-corrected chi connectivity index (χ1v) is 9.67. The Morgan fingerprint density at radius 3 is 2.68 bits per heavy atom. The molecule has 1 amide bonds. The lowest BCUT2D eigenvalue weighted by Gasteiger charge is -2.26. The average molecular weight is 378 g/mol. The van der Waals surface area contributed by atoms with Gasteiger partial charge in [0.2, 0.25) is 0 Å². The van der Waals surface area contributed by atoms with Gasteiger partial charge in [-0.05, 0) is 30.0 Å². The minimum absolute atomic E-state index is 0.0584. The van der Waals surface area contributed by atoms with Crippen molar-refractivity contribution in [2.24, 2.45) is 0 Å². The first-order valence-electron chi connectivity index (χ1n) is 8.07. The van der Waals surface area contributed by atoms with Crippen molar-refractivity contribution in [3.8, 4) is 0 Å². The zero-order valence-corrected chi connectivity index (χ0v) is 15.6. The number of nitrogens with zero attached hydrogens (tertiary/aromatic N) is 2. The number of anilines is 1. The van der Waals surface area contributed by atoms with Gasteiger partial charge < -0.3 is 15.0 Å². The van der Waals surface area contributed by atoms with Crippen LogP contribution in [0, 0.1) is 0 Å². The van der Waals surface area contributed by atoms with Gasteiger partial charge in [0.1, 0.15) is 5.82 Å². The second-order valence-electron chi connectivity index (χ2n) is 5.66. The third kappa shape index (κ3) is 4.66. The summed E-state index contributed by atoms with van der Waals surface area (Å²) in [5.74, 6) is 0.519. The number of ether oxygens (including phenoxy) is 1. The minimum Gasteiger partial charge on any atom is -0.378 e. The quantitative estimate of drug-likeness (QED) is 0.807. The number of carbonyl (C=O) groups excluding carboxylic acids is 1. The van der Waals surface area contributed by atoms with Crippen molar-refractivity contribution in [3.05, 3.63) is 52.7 Å². The van der Waals surface area contributed by atoms with Crippen LogP contribution < -0.4 is 5.32 Å². The van der Waals surface area contributed by atoms with E-state index in [0.29, 0.717) is 49.3 Å². The number of halogens is 1. The molecular weight excluding hydrogens is 358 g/mol. The number of pyridine rings is 1. The van der Waals surface area contributed by atoms with Gasteiger partial charge in [-0.3, -0.25) is 4.79 Å². The summed E-state index contributed by atoms with van der Waals surface area (Å²) in [5, 5.41) is 3.66. The highest BCUT2D eigenvalue weighted by Gasteiger charge is 2.19. The van der Waals surface area contributed by atoms with Crippen molar-refractivity contribution in [2.75, 3.05) is 37.9 Å². The fraction of sp³-hybridized carbons (Fsp3) is 0.333. The summed E-state index contributed by atoms with van der Waals surface area (Å²) < 4.78 is 5.27. The van der Waals surface area contributed by atoms with Crippen molar-refractivity contribution >= 4 is 35.1 Å². The number of nitrogens with one attached hydrogen (secondary N) is 1. The number of benzene rings is 1. The summed E-state index contributed by atoms with van der Waals surface area (Å²) in [6.45, 7) is 2.97. The lowest BCUT2D eigenvalue weighted by molar-refractivity contribution is 0.0302. The van der Waals surface area contributed by atoms with E-state index in [9.17, 15) is 4.79 Å².